The van der Waals surface area contributed by atoms with Crippen LogP contribution in [0.5, 0.6) is 5.75 Å². The maximum absolute atomic E-state index is 11.9. The van der Waals surface area contributed by atoms with E-state index in [0.717, 1.165) is 0 Å². The third-order valence-corrected chi connectivity index (χ3v) is 2.72. The van der Waals surface area contributed by atoms with E-state index in [1.807, 2.05) is 0 Å². The van der Waals surface area contributed by atoms with Crippen molar-refractivity contribution in [1.82, 2.24) is 10.6 Å². The lowest BCUT2D eigenvalue weighted by Crippen LogP contribution is -2.45. The van der Waals surface area contributed by atoms with Gasteiger partial charge in [-0.1, -0.05) is 6.07 Å². The molecule has 0 aromatic heterocycles. The molecule has 7 nitrogen and oxygen atoms in total. The second-order valence-corrected chi connectivity index (χ2v) is 4.34. The number of benzene rings is 1. The van der Waals surface area contributed by atoms with Gasteiger partial charge in [0, 0.05) is 25.8 Å². The minimum Gasteiger partial charge on any atom is -0.497 e. The SMILES string of the molecule is COCC(N)C(=O)NCCNC(=O)c1cccc(OC)c1. The number of carbonyl (C=O) groups excluding carboxylic acids is 2. The zero-order valence-corrected chi connectivity index (χ0v) is 12.2. The summed E-state index contributed by atoms with van der Waals surface area (Å²) >= 11 is 0. The highest BCUT2D eigenvalue weighted by atomic mass is 16.5. The van der Waals surface area contributed by atoms with E-state index in [9.17, 15) is 9.59 Å². The first kappa shape index (κ1) is 16.9. The standard InChI is InChI=1S/C14H21N3O4/c1-20-9-12(15)14(19)17-7-6-16-13(18)10-4-3-5-11(8-10)21-2/h3-5,8,12H,6-7,9,15H2,1-2H3,(H,16,18)(H,17,19). The Labute approximate surface area is 123 Å². The van der Waals surface area contributed by atoms with Gasteiger partial charge in [-0.2, -0.15) is 0 Å². The van der Waals surface area contributed by atoms with Crippen LogP contribution in [0.4, 0.5) is 0 Å². The van der Waals surface area contributed by atoms with Crippen LogP contribution in [0.2, 0.25) is 0 Å². The summed E-state index contributed by atoms with van der Waals surface area (Å²) < 4.78 is 9.83. The van der Waals surface area contributed by atoms with Gasteiger partial charge in [0.15, 0.2) is 0 Å². The smallest absolute Gasteiger partial charge is 0.251 e. The highest BCUT2D eigenvalue weighted by molar-refractivity contribution is 5.94. The summed E-state index contributed by atoms with van der Waals surface area (Å²) in [7, 11) is 3.01. The minimum absolute atomic E-state index is 0.155. The monoisotopic (exact) mass is 295 g/mol. The topological polar surface area (TPSA) is 103 Å². The average Bonchev–Trinajstić information content (AvgIpc) is 2.51. The quantitative estimate of drug-likeness (QED) is 0.562. The lowest BCUT2D eigenvalue weighted by atomic mass is 10.2. The van der Waals surface area contributed by atoms with Crippen molar-refractivity contribution in [1.29, 1.82) is 0 Å². The van der Waals surface area contributed by atoms with Gasteiger partial charge in [-0.25, -0.2) is 0 Å². The number of ether oxygens (including phenoxy) is 2. The van der Waals surface area contributed by atoms with Crippen LogP contribution < -0.4 is 21.1 Å². The first-order valence-corrected chi connectivity index (χ1v) is 6.53. The Morgan fingerprint density at radius 3 is 2.62 bits per heavy atom. The van der Waals surface area contributed by atoms with Gasteiger partial charge in [0.05, 0.1) is 13.7 Å². The van der Waals surface area contributed by atoms with Crippen molar-refractivity contribution in [3.8, 4) is 5.75 Å². The molecule has 0 aliphatic heterocycles. The van der Waals surface area contributed by atoms with Gasteiger partial charge >= 0.3 is 0 Å². The third kappa shape index (κ3) is 5.80. The Bertz CT molecular complexity index is 479. The lowest BCUT2D eigenvalue weighted by Gasteiger charge is -2.11. The van der Waals surface area contributed by atoms with Gasteiger partial charge in [0.1, 0.15) is 11.8 Å². The predicted octanol–water partition coefficient (Wildman–Crippen LogP) is -0.485. The Hall–Kier alpha value is -2.12. The molecule has 1 rings (SSSR count). The van der Waals surface area contributed by atoms with E-state index in [1.54, 1.807) is 24.3 Å². The molecule has 0 spiro atoms. The highest BCUT2D eigenvalue weighted by Crippen LogP contribution is 2.11. The van der Waals surface area contributed by atoms with Crippen molar-refractivity contribution >= 4 is 11.8 Å². The number of rotatable bonds is 8. The molecule has 1 unspecified atom stereocenters. The summed E-state index contributed by atoms with van der Waals surface area (Å²) in [6, 6.07) is 6.12. The summed E-state index contributed by atoms with van der Waals surface area (Å²) in [4.78, 5) is 23.4. The van der Waals surface area contributed by atoms with Crippen LogP contribution in [0, 0.1) is 0 Å². The van der Waals surface area contributed by atoms with E-state index in [0.29, 0.717) is 24.4 Å². The Kier molecular flexibility index (Phi) is 7.20. The Balaban J connectivity index is 2.32. The minimum atomic E-state index is -0.705. The number of hydrogen-bond donors (Lipinski definition) is 3. The molecule has 0 saturated carbocycles. The lowest BCUT2D eigenvalue weighted by molar-refractivity contribution is -0.123. The summed E-state index contributed by atoms with van der Waals surface area (Å²) in [5.74, 6) is 0.0679. The summed E-state index contributed by atoms with van der Waals surface area (Å²) in [5.41, 5.74) is 6.05. The molecule has 1 atom stereocenters. The normalized spacial score (nSPS) is 11.6. The number of hydrogen-bond acceptors (Lipinski definition) is 5. The van der Waals surface area contributed by atoms with Gasteiger partial charge in [-0.3, -0.25) is 9.59 Å². The van der Waals surface area contributed by atoms with Crippen LogP contribution in [0.3, 0.4) is 0 Å². The van der Waals surface area contributed by atoms with Crippen LogP contribution in [-0.2, 0) is 9.53 Å². The second-order valence-electron chi connectivity index (χ2n) is 4.34. The molecule has 2 amide bonds. The molecule has 0 heterocycles. The van der Waals surface area contributed by atoms with E-state index in [-0.39, 0.29) is 18.4 Å². The van der Waals surface area contributed by atoms with Crippen molar-refractivity contribution in [3.05, 3.63) is 29.8 Å². The van der Waals surface area contributed by atoms with E-state index in [2.05, 4.69) is 10.6 Å². The highest BCUT2D eigenvalue weighted by Gasteiger charge is 2.12. The number of nitrogens with one attached hydrogen (secondary N) is 2. The van der Waals surface area contributed by atoms with Gasteiger partial charge in [-0.15, -0.1) is 0 Å². The zero-order chi connectivity index (χ0) is 15.7. The second kappa shape index (κ2) is 8.93. The Morgan fingerprint density at radius 2 is 1.95 bits per heavy atom. The molecule has 21 heavy (non-hydrogen) atoms. The fourth-order valence-corrected chi connectivity index (χ4v) is 1.61. The number of methoxy groups -OCH3 is 2. The largest absolute Gasteiger partial charge is 0.497 e. The fraction of sp³-hybridized carbons (Fsp3) is 0.429. The number of carbonyl (C=O) groups is 2. The van der Waals surface area contributed by atoms with Gasteiger partial charge in [0.25, 0.3) is 5.91 Å². The fourth-order valence-electron chi connectivity index (χ4n) is 1.61. The maximum Gasteiger partial charge on any atom is 0.251 e. The molecule has 0 bridgehead atoms. The van der Waals surface area contributed by atoms with Gasteiger partial charge < -0.3 is 25.8 Å². The van der Waals surface area contributed by atoms with Gasteiger partial charge in [-0.05, 0) is 18.2 Å². The zero-order valence-electron chi connectivity index (χ0n) is 12.2. The van der Waals surface area contributed by atoms with E-state index < -0.39 is 6.04 Å². The average molecular weight is 295 g/mol. The van der Waals surface area contributed by atoms with Crippen LogP contribution in [0.25, 0.3) is 0 Å². The molecule has 0 aliphatic carbocycles. The molecule has 116 valence electrons. The molecule has 0 fully saturated rings. The molecule has 1 aromatic rings. The molecule has 1 aromatic carbocycles. The van der Waals surface area contributed by atoms with E-state index in [4.69, 9.17) is 15.2 Å². The molecule has 0 saturated heterocycles. The molecule has 4 N–H and O–H groups in total. The third-order valence-electron chi connectivity index (χ3n) is 2.72. The van der Waals surface area contributed by atoms with E-state index >= 15 is 0 Å². The molecular formula is C14H21N3O4. The van der Waals surface area contributed by atoms with Crippen molar-refractivity contribution < 1.29 is 19.1 Å². The number of amides is 2. The van der Waals surface area contributed by atoms with Gasteiger partial charge in [0.2, 0.25) is 5.91 Å². The summed E-state index contributed by atoms with van der Waals surface area (Å²) in [6.45, 7) is 0.759. The predicted molar refractivity (Wildman–Crippen MR) is 78.2 cm³/mol. The van der Waals surface area contributed by atoms with Crippen LogP contribution >= 0.6 is 0 Å². The first-order chi connectivity index (χ1) is 10.1. The van der Waals surface area contributed by atoms with Crippen LogP contribution in [0.15, 0.2) is 24.3 Å². The number of nitrogens with two attached hydrogens (primary N) is 1. The molecular weight excluding hydrogens is 274 g/mol. The van der Waals surface area contributed by atoms with E-state index in [1.165, 1.54) is 14.2 Å². The summed E-state index contributed by atoms with van der Waals surface area (Å²) in [6.07, 6.45) is 0. The molecule has 0 radical (unpaired) electrons. The first-order valence-electron chi connectivity index (χ1n) is 6.53. The van der Waals surface area contributed by atoms with Crippen molar-refractivity contribution in [3.63, 3.8) is 0 Å². The van der Waals surface area contributed by atoms with Crippen molar-refractivity contribution in [2.45, 2.75) is 6.04 Å². The Morgan fingerprint density at radius 1 is 1.24 bits per heavy atom. The molecule has 7 heteroatoms. The van der Waals surface area contributed by atoms with Crippen LogP contribution in [0.1, 0.15) is 10.4 Å². The van der Waals surface area contributed by atoms with Crippen molar-refractivity contribution in [2.75, 3.05) is 33.9 Å². The maximum atomic E-state index is 11.9. The van der Waals surface area contributed by atoms with Crippen LogP contribution in [-0.4, -0.2) is 51.8 Å². The van der Waals surface area contributed by atoms with Crippen molar-refractivity contribution in [2.24, 2.45) is 5.73 Å². The summed E-state index contributed by atoms with van der Waals surface area (Å²) in [5, 5.41) is 5.31. The molecule has 0 aliphatic rings.